The van der Waals surface area contributed by atoms with Crippen LogP contribution in [0.2, 0.25) is 0 Å². The van der Waals surface area contributed by atoms with Gasteiger partial charge >= 0.3 is 0 Å². The first-order valence-electron chi connectivity index (χ1n) is 10.0. The van der Waals surface area contributed by atoms with Crippen molar-refractivity contribution in [1.82, 2.24) is 0 Å². The second kappa shape index (κ2) is 5.08. The second-order valence-corrected chi connectivity index (χ2v) is 9.50. The first-order chi connectivity index (χ1) is 10.5. The number of ketones is 1. The van der Waals surface area contributed by atoms with E-state index in [-0.39, 0.29) is 5.41 Å². The van der Waals surface area contributed by atoms with Gasteiger partial charge in [-0.05, 0) is 73.5 Å². The van der Waals surface area contributed by atoms with E-state index in [1.807, 2.05) is 0 Å². The Kier molecular flexibility index (Phi) is 3.51. The molecule has 0 aromatic rings. The van der Waals surface area contributed by atoms with E-state index in [1.54, 1.807) is 0 Å². The molecule has 0 aromatic heterocycles. The Morgan fingerprint density at radius 3 is 2.59 bits per heavy atom. The molecule has 4 aliphatic carbocycles. The van der Waals surface area contributed by atoms with E-state index >= 15 is 0 Å². The van der Waals surface area contributed by atoms with E-state index in [4.69, 9.17) is 0 Å². The lowest BCUT2D eigenvalue weighted by molar-refractivity contribution is -0.155. The van der Waals surface area contributed by atoms with Gasteiger partial charge in [0.25, 0.3) is 0 Å². The zero-order valence-corrected chi connectivity index (χ0v) is 14.9. The van der Waals surface area contributed by atoms with Crippen LogP contribution in [-0.2, 0) is 4.79 Å². The first-order valence-corrected chi connectivity index (χ1v) is 10.0. The maximum Gasteiger partial charge on any atom is 0.139 e. The predicted molar refractivity (Wildman–Crippen MR) is 90.5 cm³/mol. The molecule has 1 heteroatoms. The zero-order chi connectivity index (χ0) is 15.5. The standard InChI is InChI=1S/C21H34O/c1-4-14-9-11-17-16-10-8-15-7-5-6-12-20(15,2)18(16)13-19(22)21(14,17)3/h14-18H,4-13H2,1-3H3/t14-,15-,16+,17+,18+,20+,21-/m1/s1. The van der Waals surface area contributed by atoms with Crippen LogP contribution in [0, 0.1) is 40.4 Å². The van der Waals surface area contributed by atoms with Crippen LogP contribution in [0.3, 0.4) is 0 Å². The summed E-state index contributed by atoms with van der Waals surface area (Å²) in [6.07, 6.45) is 13.3. The van der Waals surface area contributed by atoms with Gasteiger partial charge in [0.15, 0.2) is 0 Å². The van der Waals surface area contributed by atoms with Gasteiger partial charge in [-0.1, -0.05) is 40.0 Å². The van der Waals surface area contributed by atoms with Gasteiger partial charge in [-0.15, -0.1) is 0 Å². The topological polar surface area (TPSA) is 17.1 Å². The van der Waals surface area contributed by atoms with Crippen molar-refractivity contribution in [3.63, 3.8) is 0 Å². The molecule has 0 aromatic carbocycles. The minimum Gasteiger partial charge on any atom is -0.299 e. The number of carbonyl (C=O) groups is 1. The highest BCUT2D eigenvalue weighted by molar-refractivity contribution is 5.87. The molecule has 0 spiro atoms. The Bertz CT molecular complexity index is 469. The minimum atomic E-state index is 0.0355. The van der Waals surface area contributed by atoms with Crippen LogP contribution in [-0.4, -0.2) is 5.78 Å². The summed E-state index contributed by atoms with van der Waals surface area (Å²) in [6, 6.07) is 0. The quantitative estimate of drug-likeness (QED) is 0.614. The number of carbonyl (C=O) groups excluding carboxylic acids is 1. The van der Waals surface area contributed by atoms with E-state index in [0.717, 1.165) is 18.3 Å². The van der Waals surface area contributed by atoms with Crippen molar-refractivity contribution < 1.29 is 4.79 Å². The fourth-order valence-corrected chi connectivity index (χ4v) is 7.77. The van der Waals surface area contributed by atoms with Crippen LogP contribution in [0.5, 0.6) is 0 Å². The van der Waals surface area contributed by atoms with E-state index in [0.29, 0.717) is 29.0 Å². The smallest absolute Gasteiger partial charge is 0.139 e. The van der Waals surface area contributed by atoms with E-state index in [1.165, 1.54) is 57.8 Å². The molecule has 4 aliphatic rings. The molecule has 1 nitrogen and oxygen atoms in total. The number of Topliss-reactive ketones (excluding diaryl/α,β-unsaturated/α-hetero) is 1. The van der Waals surface area contributed by atoms with Crippen LogP contribution < -0.4 is 0 Å². The summed E-state index contributed by atoms with van der Waals surface area (Å²) in [5.41, 5.74) is 0.524. The summed E-state index contributed by atoms with van der Waals surface area (Å²) in [5, 5.41) is 0. The Hall–Kier alpha value is -0.330. The van der Waals surface area contributed by atoms with Gasteiger partial charge in [-0.2, -0.15) is 0 Å². The highest BCUT2D eigenvalue weighted by Crippen LogP contribution is 2.66. The lowest BCUT2D eigenvalue weighted by atomic mass is 9.44. The number of hydrogen-bond acceptors (Lipinski definition) is 1. The molecule has 0 N–H and O–H groups in total. The summed E-state index contributed by atoms with van der Waals surface area (Å²) in [4.78, 5) is 13.2. The zero-order valence-electron chi connectivity index (χ0n) is 14.9. The van der Waals surface area contributed by atoms with Crippen molar-refractivity contribution in [3.05, 3.63) is 0 Å². The Morgan fingerprint density at radius 2 is 1.82 bits per heavy atom. The molecule has 124 valence electrons. The molecule has 0 radical (unpaired) electrons. The monoisotopic (exact) mass is 302 g/mol. The van der Waals surface area contributed by atoms with Crippen molar-refractivity contribution >= 4 is 5.78 Å². The highest BCUT2D eigenvalue weighted by atomic mass is 16.1. The summed E-state index contributed by atoms with van der Waals surface area (Å²) in [5.74, 6) is 4.52. The van der Waals surface area contributed by atoms with Crippen LogP contribution in [0.1, 0.15) is 85.0 Å². The average molecular weight is 303 g/mol. The number of rotatable bonds is 1. The number of fused-ring (bicyclic) bond motifs is 5. The fraction of sp³-hybridized carbons (Fsp3) is 0.952. The molecule has 0 heterocycles. The third-order valence-electron chi connectivity index (χ3n) is 9.12. The SMILES string of the molecule is CC[C@@H]1CC[C@H]2[C@@H]3CC[C@H]4CCCC[C@]4(C)[C@H]3CC(=O)[C@]12C. The molecular weight excluding hydrogens is 268 g/mol. The average Bonchev–Trinajstić information content (AvgIpc) is 2.86. The van der Waals surface area contributed by atoms with E-state index in [9.17, 15) is 4.79 Å². The van der Waals surface area contributed by atoms with Crippen molar-refractivity contribution in [1.29, 1.82) is 0 Å². The van der Waals surface area contributed by atoms with Crippen molar-refractivity contribution in [2.24, 2.45) is 40.4 Å². The lowest BCUT2D eigenvalue weighted by Crippen LogP contribution is -2.56. The molecule has 4 saturated carbocycles. The van der Waals surface area contributed by atoms with Gasteiger partial charge in [0, 0.05) is 11.8 Å². The number of hydrogen-bond donors (Lipinski definition) is 0. The summed E-state index contributed by atoms with van der Waals surface area (Å²) in [7, 11) is 0. The Morgan fingerprint density at radius 1 is 1.00 bits per heavy atom. The molecule has 0 saturated heterocycles. The second-order valence-electron chi connectivity index (χ2n) is 9.50. The van der Waals surface area contributed by atoms with Crippen LogP contribution in [0.15, 0.2) is 0 Å². The van der Waals surface area contributed by atoms with Gasteiger partial charge in [0.1, 0.15) is 5.78 Å². The third kappa shape index (κ3) is 1.80. The van der Waals surface area contributed by atoms with Crippen LogP contribution >= 0.6 is 0 Å². The Labute approximate surface area is 136 Å². The predicted octanol–water partition coefficient (Wildman–Crippen LogP) is 5.62. The largest absolute Gasteiger partial charge is 0.299 e. The maximum atomic E-state index is 13.2. The van der Waals surface area contributed by atoms with Crippen molar-refractivity contribution in [2.45, 2.75) is 85.0 Å². The van der Waals surface area contributed by atoms with E-state index < -0.39 is 0 Å². The van der Waals surface area contributed by atoms with Gasteiger partial charge in [0.05, 0.1) is 0 Å². The van der Waals surface area contributed by atoms with Crippen molar-refractivity contribution in [3.8, 4) is 0 Å². The van der Waals surface area contributed by atoms with Gasteiger partial charge in [-0.25, -0.2) is 0 Å². The molecular formula is C21H34O. The van der Waals surface area contributed by atoms with Gasteiger partial charge < -0.3 is 0 Å². The maximum absolute atomic E-state index is 13.2. The van der Waals surface area contributed by atoms with Crippen LogP contribution in [0.4, 0.5) is 0 Å². The summed E-state index contributed by atoms with van der Waals surface area (Å²) in [6.45, 7) is 7.22. The fourth-order valence-electron chi connectivity index (χ4n) is 7.77. The molecule has 4 rings (SSSR count). The molecule has 22 heavy (non-hydrogen) atoms. The molecule has 0 amide bonds. The normalized spacial score (nSPS) is 54.5. The molecule has 0 bridgehead atoms. The van der Waals surface area contributed by atoms with Crippen LogP contribution in [0.25, 0.3) is 0 Å². The third-order valence-corrected chi connectivity index (χ3v) is 9.12. The molecule has 7 atom stereocenters. The van der Waals surface area contributed by atoms with Gasteiger partial charge in [-0.3, -0.25) is 4.79 Å². The lowest BCUT2D eigenvalue weighted by Gasteiger charge is -2.59. The first kappa shape index (κ1) is 15.2. The summed E-state index contributed by atoms with van der Waals surface area (Å²) >= 11 is 0. The highest BCUT2D eigenvalue weighted by Gasteiger charge is 2.62. The van der Waals surface area contributed by atoms with E-state index in [2.05, 4.69) is 20.8 Å². The minimum absolute atomic E-state index is 0.0355. The van der Waals surface area contributed by atoms with Crippen molar-refractivity contribution in [2.75, 3.05) is 0 Å². The Balaban J connectivity index is 1.69. The molecule has 4 fully saturated rings. The molecule has 0 unspecified atom stereocenters. The van der Waals surface area contributed by atoms with Gasteiger partial charge in [0.2, 0.25) is 0 Å². The molecule has 0 aliphatic heterocycles. The summed E-state index contributed by atoms with van der Waals surface area (Å²) < 4.78 is 0.